The molecule has 10 heteroatoms. The van der Waals surface area contributed by atoms with Crippen LogP contribution < -0.4 is 10.5 Å². The number of amides is 2. The fourth-order valence-electron chi connectivity index (χ4n) is 8.15. The summed E-state index contributed by atoms with van der Waals surface area (Å²) in [5.41, 5.74) is 11.0. The molecule has 3 atom stereocenters. The number of carbonyl (C=O) groups excluding carboxylic acids is 2. The Morgan fingerprint density at radius 3 is 2.48 bits per heavy atom. The molecule has 2 bridgehead atoms. The molecule has 0 spiro atoms. The molecule has 4 fully saturated rings. The predicted octanol–water partition coefficient (Wildman–Crippen LogP) is 5.47. The molecule has 9 rings (SSSR count). The highest BCUT2D eigenvalue weighted by Gasteiger charge is 2.47. The quantitative estimate of drug-likeness (QED) is 0.244. The summed E-state index contributed by atoms with van der Waals surface area (Å²) in [5, 5.41) is 3.14. The van der Waals surface area contributed by atoms with Gasteiger partial charge in [-0.15, -0.1) is 11.3 Å². The van der Waals surface area contributed by atoms with Crippen molar-refractivity contribution in [3.63, 3.8) is 0 Å². The number of hydrogen-bond acceptors (Lipinski definition) is 6. The second-order valence-corrected chi connectivity index (χ2v) is 14.7. The average molecular weight is 635 g/mol. The first-order chi connectivity index (χ1) is 22.5. The topological polar surface area (TPSA) is 98.6 Å². The third kappa shape index (κ3) is 4.48. The molecule has 2 aromatic carbocycles. The molecule has 4 aliphatic rings. The Morgan fingerprint density at radius 1 is 0.935 bits per heavy atom. The second kappa shape index (κ2) is 10.7. The highest BCUT2D eigenvalue weighted by atomic mass is 32.1. The molecule has 2 saturated carbocycles. The summed E-state index contributed by atoms with van der Waals surface area (Å²) in [5.74, 6) is 2.95. The van der Waals surface area contributed by atoms with E-state index in [1.54, 1.807) is 7.11 Å². The lowest BCUT2D eigenvalue weighted by atomic mass is 9.99. The van der Waals surface area contributed by atoms with E-state index in [0.29, 0.717) is 49.3 Å². The Kier molecular flexibility index (Phi) is 6.54. The minimum Gasteiger partial charge on any atom is -0.494 e. The maximum absolute atomic E-state index is 13.9. The lowest BCUT2D eigenvalue weighted by Gasteiger charge is -2.39. The summed E-state index contributed by atoms with van der Waals surface area (Å²) >= 11 is 1.49. The van der Waals surface area contributed by atoms with Gasteiger partial charge in [0.2, 0.25) is 0 Å². The molecule has 236 valence electrons. The third-order valence-electron chi connectivity index (χ3n) is 10.8. The number of benzene rings is 2. The zero-order chi connectivity index (χ0) is 31.1. The molecule has 2 amide bonds. The molecule has 2 aliphatic heterocycles. The van der Waals surface area contributed by atoms with Gasteiger partial charge in [-0.3, -0.25) is 9.59 Å². The van der Waals surface area contributed by atoms with Gasteiger partial charge in [0.1, 0.15) is 11.3 Å². The maximum Gasteiger partial charge on any atom is 0.263 e. The monoisotopic (exact) mass is 634 g/mol. The van der Waals surface area contributed by atoms with Crippen LogP contribution in [0.15, 0.2) is 60.0 Å². The van der Waals surface area contributed by atoms with Crippen LogP contribution in [0.3, 0.4) is 0 Å². The Bertz CT molecular complexity index is 1990. The van der Waals surface area contributed by atoms with Crippen LogP contribution in [0.2, 0.25) is 0 Å². The van der Waals surface area contributed by atoms with E-state index < -0.39 is 0 Å². The van der Waals surface area contributed by atoms with Crippen molar-refractivity contribution in [1.82, 2.24) is 23.9 Å². The van der Waals surface area contributed by atoms with Crippen molar-refractivity contribution < 1.29 is 14.3 Å². The Hall–Kier alpha value is -4.15. The van der Waals surface area contributed by atoms with E-state index >= 15 is 0 Å². The van der Waals surface area contributed by atoms with Gasteiger partial charge in [0, 0.05) is 67.2 Å². The van der Waals surface area contributed by atoms with Crippen LogP contribution in [-0.4, -0.2) is 74.6 Å². The first-order valence-electron chi connectivity index (χ1n) is 16.5. The van der Waals surface area contributed by atoms with Crippen molar-refractivity contribution in [2.75, 3.05) is 26.7 Å². The number of carbonyl (C=O) groups is 2. The smallest absolute Gasteiger partial charge is 0.263 e. The molecule has 3 unspecified atom stereocenters. The van der Waals surface area contributed by atoms with Gasteiger partial charge in [-0.1, -0.05) is 24.3 Å². The number of imidazole rings is 1. The summed E-state index contributed by atoms with van der Waals surface area (Å²) in [6.45, 7) is 3.75. The van der Waals surface area contributed by atoms with E-state index in [9.17, 15) is 9.59 Å². The standard InChI is InChI=1S/C36H38N6O3S/c1-45-30-15-25(35(43)41-20-24-10-11-28(41)32(24)37)13-26-33(30)42(19-22-16-39(17-22)36(44)31-7-4-12-46-31)34(38-26)29-14-23-5-2-3-6-27(23)40(29)18-21-8-9-21/h2-7,12-15,21-22,24,28,32H,8-11,16-20,37H2,1H3. The van der Waals surface area contributed by atoms with Crippen molar-refractivity contribution in [2.45, 2.75) is 50.9 Å². The van der Waals surface area contributed by atoms with E-state index in [1.165, 1.54) is 35.1 Å². The molecular formula is C36H38N6O3S. The molecular weight excluding hydrogens is 597 g/mol. The Balaban J connectivity index is 1.13. The highest BCUT2D eigenvalue weighted by Crippen LogP contribution is 2.41. The third-order valence-corrected chi connectivity index (χ3v) is 11.6. The fourth-order valence-corrected chi connectivity index (χ4v) is 8.84. The highest BCUT2D eigenvalue weighted by molar-refractivity contribution is 7.12. The minimum atomic E-state index is 0.00326. The van der Waals surface area contributed by atoms with Gasteiger partial charge in [0.25, 0.3) is 11.8 Å². The van der Waals surface area contributed by atoms with Gasteiger partial charge in [0.05, 0.1) is 23.2 Å². The van der Waals surface area contributed by atoms with Gasteiger partial charge >= 0.3 is 0 Å². The minimum absolute atomic E-state index is 0.00326. The summed E-state index contributed by atoms with van der Waals surface area (Å²) in [6.07, 6.45) is 4.56. The van der Waals surface area contributed by atoms with Crippen LogP contribution in [0, 0.1) is 17.8 Å². The summed E-state index contributed by atoms with van der Waals surface area (Å²) in [7, 11) is 1.67. The zero-order valence-corrected chi connectivity index (χ0v) is 26.8. The number of fused-ring (bicyclic) bond motifs is 4. The maximum atomic E-state index is 13.9. The average Bonchev–Trinajstić information content (AvgIpc) is 3.44. The van der Waals surface area contributed by atoms with Gasteiger partial charge in [-0.05, 0) is 73.2 Å². The van der Waals surface area contributed by atoms with Crippen molar-refractivity contribution >= 4 is 45.1 Å². The van der Waals surface area contributed by atoms with Crippen LogP contribution in [0.4, 0.5) is 0 Å². The molecule has 2 N–H and O–H groups in total. The summed E-state index contributed by atoms with van der Waals surface area (Å²) < 4.78 is 10.7. The van der Waals surface area contributed by atoms with Crippen LogP contribution in [0.5, 0.6) is 5.75 Å². The normalized spacial score (nSPS) is 22.7. The molecule has 2 saturated heterocycles. The van der Waals surface area contributed by atoms with Crippen molar-refractivity contribution in [1.29, 1.82) is 0 Å². The number of para-hydroxylation sites is 1. The molecule has 5 aromatic rings. The van der Waals surface area contributed by atoms with Crippen molar-refractivity contribution in [3.8, 4) is 17.3 Å². The van der Waals surface area contributed by atoms with E-state index in [4.69, 9.17) is 15.5 Å². The van der Waals surface area contributed by atoms with E-state index in [-0.39, 0.29) is 29.8 Å². The van der Waals surface area contributed by atoms with Gasteiger partial charge in [-0.2, -0.15) is 0 Å². The molecule has 5 heterocycles. The Morgan fingerprint density at radius 2 is 1.76 bits per heavy atom. The number of aromatic nitrogens is 3. The van der Waals surface area contributed by atoms with Crippen LogP contribution in [0.1, 0.15) is 45.7 Å². The van der Waals surface area contributed by atoms with E-state index in [2.05, 4.69) is 39.5 Å². The van der Waals surface area contributed by atoms with Gasteiger partial charge in [-0.25, -0.2) is 4.98 Å². The number of ether oxygens (including phenoxy) is 1. The van der Waals surface area contributed by atoms with Crippen molar-refractivity contribution in [2.24, 2.45) is 23.5 Å². The predicted molar refractivity (Wildman–Crippen MR) is 179 cm³/mol. The molecule has 46 heavy (non-hydrogen) atoms. The first kappa shape index (κ1) is 28.1. The first-order valence-corrected chi connectivity index (χ1v) is 17.4. The van der Waals surface area contributed by atoms with Gasteiger partial charge < -0.3 is 29.4 Å². The number of piperidine rings is 1. The second-order valence-electron chi connectivity index (χ2n) is 13.7. The lowest BCUT2D eigenvalue weighted by Crippen LogP contribution is -2.51. The largest absolute Gasteiger partial charge is 0.494 e. The fraction of sp³-hybridized carbons (Fsp3) is 0.417. The van der Waals surface area contributed by atoms with Gasteiger partial charge in [0.15, 0.2) is 5.82 Å². The lowest BCUT2D eigenvalue weighted by molar-refractivity contribution is 0.0476. The number of hydrogen-bond donors (Lipinski definition) is 1. The molecule has 0 radical (unpaired) electrons. The number of thiophene rings is 1. The van der Waals surface area contributed by atoms with E-state index in [0.717, 1.165) is 46.8 Å². The number of rotatable bonds is 8. The zero-order valence-electron chi connectivity index (χ0n) is 26.0. The number of nitrogens with zero attached hydrogens (tertiary/aromatic N) is 5. The molecule has 3 aromatic heterocycles. The molecule has 9 nitrogen and oxygen atoms in total. The van der Waals surface area contributed by atoms with Crippen LogP contribution >= 0.6 is 11.3 Å². The number of likely N-dealkylation sites (tertiary alicyclic amines) is 2. The Labute approximate surface area is 271 Å². The summed E-state index contributed by atoms with van der Waals surface area (Å²) in [4.78, 5) is 36.9. The SMILES string of the molecule is COc1cc(C(=O)N2CC3CCC2C3N)cc2nc(-c3cc4ccccc4n3CC3CC3)n(CC3CN(C(=O)c4cccs4)C3)c12. The molecule has 2 aliphatic carbocycles. The van der Waals surface area contributed by atoms with E-state index in [1.807, 2.05) is 39.4 Å². The van der Waals surface area contributed by atoms with Crippen molar-refractivity contribution in [3.05, 3.63) is 70.4 Å². The van der Waals surface area contributed by atoms with Crippen LogP contribution in [0.25, 0.3) is 33.5 Å². The summed E-state index contributed by atoms with van der Waals surface area (Å²) in [6, 6.07) is 18.6. The number of nitrogens with two attached hydrogens (primary N) is 1. The van der Waals surface area contributed by atoms with Crippen LogP contribution in [-0.2, 0) is 13.1 Å². The number of methoxy groups -OCH3 is 1.